The number of benzene rings is 1. The molecule has 2 heterocycles. The number of H-pyrrole nitrogens is 1. The minimum atomic E-state index is -1.41. The zero-order valence-corrected chi connectivity index (χ0v) is 16.7. The predicted molar refractivity (Wildman–Crippen MR) is 111 cm³/mol. The second-order valence-electron chi connectivity index (χ2n) is 7.73. The second kappa shape index (κ2) is 8.83. The van der Waals surface area contributed by atoms with E-state index in [1.807, 2.05) is 0 Å². The molecule has 0 saturated carbocycles. The van der Waals surface area contributed by atoms with Crippen molar-refractivity contribution in [2.75, 3.05) is 6.54 Å². The van der Waals surface area contributed by atoms with E-state index in [0.717, 1.165) is 11.6 Å². The first kappa shape index (κ1) is 21.0. The summed E-state index contributed by atoms with van der Waals surface area (Å²) >= 11 is 0. The van der Waals surface area contributed by atoms with E-state index in [0.29, 0.717) is 41.9 Å². The maximum Gasteiger partial charge on any atom is 0.242 e. The molecule has 5 nitrogen and oxygen atoms in total. The number of carbonyl (C=O) groups excluding carboxylic acids is 2. The van der Waals surface area contributed by atoms with Crippen molar-refractivity contribution in [3.05, 3.63) is 65.4 Å². The molecule has 1 saturated heterocycles. The van der Waals surface area contributed by atoms with Gasteiger partial charge in [-0.1, -0.05) is 0 Å². The molecule has 2 aliphatic rings. The van der Waals surface area contributed by atoms with E-state index in [-0.39, 0.29) is 30.5 Å². The summed E-state index contributed by atoms with van der Waals surface area (Å²) in [5, 5.41) is 5.39. The molecule has 3 N–H and O–H groups in total. The Morgan fingerprint density at radius 1 is 1.19 bits per heavy atom. The summed E-state index contributed by atoms with van der Waals surface area (Å²) in [4.78, 5) is 27.2. The molecule has 1 aliphatic carbocycles. The van der Waals surface area contributed by atoms with Gasteiger partial charge in [-0.15, -0.1) is 0 Å². The minimum Gasteiger partial charge on any atom is -0.355 e. The van der Waals surface area contributed by atoms with Crippen molar-refractivity contribution in [3.8, 4) is 11.3 Å². The average Bonchev–Trinajstić information content (AvgIpc) is 3.33. The number of aryl methyl sites for hydroxylation is 1. The highest BCUT2D eigenvalue weighted by Gasteiger charge is 2.25. The van der Waals surface area contributed by atoms with Gasteiger partial charge in [0.1, 0.15) is 23.9 Å². The summed E-state index contributed by atoms with van der Waals surface area (Å²) in [5.74, 6) is -1.47. The lowest BCUT2D eigenvalue weighted by Gasteiger charge is -2.12. The fourth-order valence-corrected chi connectivity index (χ4v) is 3.89. The van der Waals surface area contributed by atoms with Gasteiger partial charge in [0, 0.05) is 30.8 Å². The highest BCUT2D eigenvalue weighted by atomic mass is 19.1. The van der Waals surface area contributed by atoms with Crippen LogP contribution in [-0.2, 0) is 16.0 Å². The van der Waals surface area contributed by atoms with Crippen LogP contribution in [-0.4, -0.2) is 35.6 Å². The summed E-state index contributed by atoms with van der Waals surface area (Å²) in [6.07, 6.45) is 1.86. The van der Waals surface area contributed by atoms with Gasteiger partial charge in [-0.2, -0.15) is 0 Å². The molecule has 2 unspecified atom stereocenters. The number of halogens is 3. The number of allylic oxidation sites excluding steroid dienone is 4. The standard InChI is InChI=1S/C23H22F3N3O2/c24-16-4-1-13(2-5-16)22-14(3-6-21(30)28-19-7-8-27-23(19)31)11-20(29-22)15-9-17(25)12-18(26)10-15/h1-2,4-5,9,11-12,18-19,29H,3,6-8,10H2,(H,27,31)(H,28,30). The number of hydrogen-bond donors (Lipinski definition) is 3. The molecule has 2 atom stereocenters. The third kappa shape index (κ3) is 4.90. The molecule has 1 aromatic heterocycles. The van der Waals surface area contributed by atoms with Gasteiger partial charge in [-0.3, -0.25) is 9.59 Å². The first-order valence-corrected chi connectivity index (χ1v) is 10.2. The molecule has 0 radical (unpaired) electrons. The summed E-state index contributed by atoms with van der Waals surface area (Å²) < 4.78 is 40.9. The highest BCUT2D eigenvalue weighted by molar-refractivity contribution is 5.89. The quantitative estimate of drug-likeness (QED) is 0.655. The lowest BCUT2D eigenvalue weighted by atomic mass is 9.99. The van der Waals surface area contributed by atoms with Crippen LogP contribution in [0.4, 0.5) is 13.2 Å². The number of alkyl halides is 1. The zero-order chi connectivity index (χ0) is 22.0. The topological polar surface area (TPSA) is 74.0 Å². The summed E-state index contributed by atoms with van der Waals surface area (Å²) in [6.45, 7) is 0.537. The van der Waals surface area contributed by atoms with Crippen LogP contribution in [0.2, 0.25) is 0 Å². The highest BCUT2D eigenvalue weighted by Crippen LogP contribution is 2.33. The molecule has 0 spiro atoms. The van der Waals surface area contributed by atoms with Crippen LogP contribution in [0, 0.1) is 5.82 Å². The van der Waals surface area contributed by atoms with Crippen molar-refractivity contribution >= 4 is 17.4 Å². The third-order valence-corrected chi connectivity index (χ3v) is 5.45. The Hall–Kier alpha value is -3.29. The maximum atomic E-state index is 13.8. The largest absolute Gasteiger partial charge is 0.355 e. The van der Waals surface area contributed by atoms with Gasteiger partial charge in [0.25, 0.3) is 0 Å². The van der Waals surface area contributed by atoms with Crippen molar-refractivity contribution in [1.29, 1.82) is 0 Å². The molecule has 1 aliphatic heterocycles. The molecule has 1 aromatic carbocycles. The van der Waals surface area contributed by atoms with E-state index in [4.69, 9.17) is 0 Å². The molecule has 2 amide bonds. The van der Waals surface area contributed by atoms with Crippen molar-refractivity contribution < 1.29 is 22.8 Å². The van der Waals surface area contributed by atoms with E-state index in [9.17, 15) is 22.8 Å². The van der Waals surface area contributed by atoms with Gasteiger partial charge >= 0.3 is 0 Å². The van der Waals surface area contributed by atoms with E-state index < -0.39 is 18.0 Å². The fourth-order valence-electron chi connectivity index (χ4n) is 3.89. The Labute approximate surface area is 177 Å². The van der Waals surface area contributed by atoms with Gasteiger partial charge in [-0.05, 0) is 72.0 Å². The Balaban J connectivity index is 1.57. The third-order valence-electron chi connectivity index (χ3n) is 5.45. The number of aromatic nitrogens is 1. The fraction of sp³-hybridized carbons (Fsp3) is 0.304. The van der Waals surface area contributed by atoms with E-state index in [1.54, 1.807) is 18.2 Å². The normalized spacial score (nSPS) is 20.8. The van der Waals surface area contributed by atoms with Gasteiger partial charge in [0.05, 0.1) is 0 Å². The van der Waals surface area contributed by atoms with Gasteiger partial charge in [0.15, 0.2) is 0 Å². The monoisotopic (exact) mass is 429 g/mol. The Bertz CT molecular complexity index is 1060. The first-order chi connectivity index (χ1) is 14.9. The number of carbonyl (C=O) groups is 2. The minimum absolute atomic E-state index is 0.0352. The number of hydrogen-bond acceptors (Lipinski definition) is 2. The lowest BCUT2D eigenvalue weighted by Crippen LogP contribution is -2.40. The molecule has 4 rings (SSSR count). The molecule has 1 fully saturated rings. The lowest BCUT2D eigenvalue weighted by molar-refractivity contribution is -0.127. The summed E-state index contributed by atoms with van der Waals surface area (Å²) in [5.41, 5.74) is 3.15. The van der Waals surface area contributed by atoms with Crippen LogP contribution in [0.1, 0.15) is 30.5 Å². The van der Waals surface area contributed by atoms with Crippen LogP contribution in [0.5, 0.6) is 0 Å². The van der Waals surface area contributed by atoms with Gasteiger partial charge < -0.3 is 15.6 Å². The second-order valence-corrected chi connectivity index (χ2v) is 7.73. The average molecular weight is 429 g/mol. The van der Waals surface area contributed by atoms with Crippen molar-refractivity contribution in [3.63, 3.8) is 0 Å². The van der Waals surface area contributed by atoms with Crippen molar-refractivity contribution in [2.45, 2.75) is 37.9 Å². The van der Waals surface area contributed by atoms with Gasteiger partial charge in [0.2, 0.25) is 11.8 Å². The van der Waals surface area contributed by atoms with Crippen LogP contribution in [0.15, 0.2) is 48.3 Å². The smallest absolute Gasteiger partial charge is 0.242 e. The molecule has 8 heteroatoms. The Morgan fingerprint density at radius 3 is 2.65 bits per heavy atom. The molecule has 2 aromatic rings. The number of nitrogens with one attached hydrogen (secondary N) is 3. The van der Waals surface area contributed by atoms with Crippen LogP contribution < -0.4 is 10.6 Å². The van der Waals surface area contributed by atoms with Crippen molar-refractivity contribution in [2.24, 2.45) is 0 Å². The Morgan fingerprint density at radius 2 is 1.97 bits per heavy atom. The van der Waals surface area contributed by atoms with Crippen molar-refractivity contribution in [1.82, 2.24) is 15.6 Å². The van der Waals surface area contributed by atoms with Crippen LogP contribution >= 0.6 is 0 Å². The summed E-state index contributed by atoms with van der Waals surface area (Å²) in [7, 11) is 0. The molecular weight excluding hydrogens is 407 g/mol. The van der Waals surface area contributed by atoms with E-state index in [2.05, 4.69) is 15.6 Å². The molecular formula is C23H22F3N3O2. The number of aromatic amines is 1. The van der Waals surface area contributed by atoms with Gasteiger partial charge in [-0.25, -0.2) is 13.2 Å². The van der Waals surface area contributed by atoms with Crippen LogP contribution in [0.25, 0.3) is 16.8 Å². The molecule has 0 bridgehead atoms. The Kier molecular flexibility index (Phi) is 5.97. The predicted octanol–water partition coefficient (Wildman–Crippen LogP) is 3.74. The van der Waals surface area contributed by atoms with E-state index >= 15 is 0 Å². The number of amides is 2. The molecule has 31 heavy (non-hydrogen) atoms. The SMILES string of the molecule is O=C(CCc1cc(C2=CC(F)=CC(F)C2)[nH]c1-c1ccc(F)cc1)NC1CCNC1=O. The van der Waals surface area contributed by atoms with Crippen LogP contribution in [0.3, 0.4) is 0 Å². The summed E-state index contributed by atoms with van der Waals surface area (Å²) in [6, 6.07) is 7.10. The number of rotatable bonds is 6. The zero-order valence-electron chi connectivity index (χ0n) is 16.7. The maximum absolute atomic E-state index is 13.8. The molecule has 162 valence electrons. The van der Waals surface area contributed by atoms with E-state index in [1.165, 1.54) is 18.2 Å². The first-order valence-electron chi connectivity index (χ1n) is 10.2.